The summed E-state index contributed by atoms with van der Waals surface area (Å²) < 4.78 is 4.99. The molecule has 0 N–H and O–H groups in total. The van der Waals surface area contributed by atoms with E-state index in [0.717, 1.165) is 19.6 Å². The fraction of sp³-hybridized carbons (Fsp3) is 0.533. The van der Waals surface area contributed by atoms with Crippen molar-refractivity contribution in [2.24, 2.45) is 0 Å². The average molecular weight is 262 g/mol. The maximum Gasteiger partial charge on any atom is 0.338 e. The summed E-state index contributed by atoms with van der Waals surface area (Å²) in [5, 5.41) is 0. The molecule has 1 aromatic rings. The summed E-state index contributed by atoms with van der Waals surface area (Å²) in [5.74, 6) is -0.249. The van der Waals surface area contributed by atoms with Crippen molar-refractivity contribution in [3.63, 3.8) is 0 Å². The van der Waals surface area contributed by atoms with Crippen LogP contribution in [-0.4, -0.2) is 50.2 Å². The first-order chi connectivity index (χ1) is 9.11. The third-order valence-electron chi connectivity index (χ3n) is 3.70. The largest absolute Gasteiger partial charge is 0.462 e. The van der Waals surface area contributed by atoms with E-state index in [1.807, 2.05) is 31.2 Å². The van der Waals surface area contributed by atoms with Crippen molar-refractivity contribution in [2.75, 3.05) is 38.2 Å². The Balaban J connectivity index is 2.04. The van der Waals surface area contributed by atoms with Crippen LogP contribution in [0.25, 0.3) is 0 Å². The van der Waals surface area contributed by atoms with Gasteiger partial charge in [0.05, 0.1) is 12.2 Å². The number of rotatable bonds is 3. The van der Waals surface area contributed by atoms with Gasteiger partial charge in [0.1, 0.15) is 0 Å². The van der Waals surface area contributed by atoms with Crippen LogP contribution in [0.2, 0.25) is 0 Å². The van der Waals surface area contributed by atoms with E-state index < -0.39 is 0 Å². The van der Waals surface area contributed by atoms with Crippen LogP contribution in [-0.2, 0) is 4.74 Å². The number of carbonyl (C=O) groups excluding carboxylic acids is 1. The van der Waals surface area contributed by atoms with Crippen LogP contribution >= 0.6 is 0 Å². The summed E-state index contributed by atoms with van der Waals surface area (Å²) in [5.41, 5.74) is 1.79. The fourth-order valence-corrected chi connectivity index (χ4v) is 2.31. The molecule has 1 saturated heterocycles. The Morgan fingerprint density at radius 1 is 1.32 bits per heavy atom. The number of hydrogen-bond acceptors (Lipinski definition) is 4. The van der Waals surface area contributed by atoms with Gasteiger partial charge in [0.2, 0.25) is 0 Å². The molecule has 4 heteroatoms. The molecule has 1 aliphatic rings. The van der Waals surface area contributed by atoms with Crippen molar-refractivity contribution in [1.82, 2.24) is 4.90 Å². The Hall–Kier alpha value is -1.55. The molecule has 0 aliphatic carbocycles. The van der Waals surface area contributed by atoms with Crippen LogP contribution in [0.4, 0.5) is 5.69 Å². The van der Waals surface area contributed by atoms with Gasteiger partial charge in [-0.15, -0.1) is 0 Å². The number of hydrogen-bond donors (Lipinski definition) is 0. The molecule has 1 aliphatic heterocycles. The first-order valence-electron chi connectivity index (χ1n) is 6.84. The van der Waals surface area contributed by atoms with Crippen molar-refractivity contribution in [3.05, 3.63) is 29.8 Å². The minimum Gasteiger partial charge on any atom is -0.462 e. The van der Waals surface area contributed by atoms with Crippen LogP contribution in [0.5, 0.6) is 0 Å². The zero-order valence-corrected chi connectivity index (χ0v) is 11.9. The summed E-state index contributed by atoms with van der Waals surface area (Å²) in [4.78, 5) is 16.3. The lowest BCUT2D eigenvalue weighted by Gasteiger charge is -2.39. The number of nitrogens with zero attached hydrogens (tertiary/aromatic N) is 2. The normalized spacial score (nSPS) is 20.4. The standard InChI is InChI=1S/C15H22N2O2/c1-4-19-15(18)13-5-7-14(8-6-13)17-10-9-16(3)12(2)11-17/h5-8,12H,4,9-11H2,1-3H3/t12-/m0/s1. The first kappa shape index (κ1) is 13.9. The second-order valence-electron chi connectivity index (χ2n) is 5.04. The highest BCUT2D eigenvalue weighted by Gasteiger charge is 2.20. The zero-order valence-electron chi connectivity index (χ0n) is 11.9. The van der Waals surface area contributed by atoms with Crippen molar-refractivity contribution in [3.8, 4) is 0 Å². The zero-order chi connectivity index (χ0) is 13.8. The Morgan fingerprint density at radius 3 is 2.58 bits per heavy atom. The van der Waals surface area contributed by atoms with Crippen LogP contribution in [0, 0.1) is 0 Å². The Kier molecular flexibility index (Phi) is 4.43. The SMILES string of the molecule is CCOC(=O)c1ccc(N2CCN(C)[C@@H](C)C2)cc1. The lowest BCUT2D eigenvalue weighted by molar-refractivity contribution is 0.0526. The number of anilines is 1. The molecular formula is C15H22N2O2. The first-order valence-corrected chi connectivity index (χ1v) is 6.84. The monoisotopic (exact) mass is 262 g/mol. The second-order valence-corrected chi connectivity index (χ2v) is 5.04. The molecule has 1 fully saturated rings. The van der Waals surface area contributed by atoms with Gasteiger partial charge in [0.25, 0.3) is 0 Å². The van der Waals surface area contributed by atoms with E-state index in [9.17, 15) is 4.79 Å². The quantitative estimate of drug-likeness (QED) is 0.780. The Morgan fingerprint density at radius 2 is 2.00 bits per heavy atom. The molecule has 0 saturated carbocycles. The molecule has 4 nitrogen and oxygen atoms in total. The van der Waals surface area contributed by atoms with E-state index in [0.29, 0.717) is 18.2 Å². The molecule has 104 valence electrons. The second kappa shape index (κ2) is 6.06. The molecule has 1 atom stereocenters. The van der Waals surface area contributed by atoms with E-state index in [2.05, 4.69) is 23.8 Å². The number of benzene rings is 1. The number of likely N-dealkylation sites (N-methyl/N-ethyl adjacent to an activating group) is 1. The summed E-state index contributed by atoms with van der Waals surface area (Å²) in [6.07, 6.45) is 0. The highest BCUT2D eigenvalue weighted by atomic mass is 16.5. The lowest BCUT2D eigenvalue weighted by Crippen LogP contribution is -2.50. The lowest BCUT2D eigenvalue weighted by atomic mass is 10.1. The molecule has 1 heterocycles. The maximum absolute atomic E-state index is 11.6. The predicted molar refractivity (Wildman–Crippen MR) is 76.7 cm³/mol. The van der Waals surface area contributed by atoms with Crippen LogP contribution < -0.4 is 4.90 Å². The highest BCUT2D eigenvalue weighted by molar-refractivity contribution is 5.89. The predicted octanol–water partition coefficient (Wildman–Crippen LogP) is 2.00. The van der Waals surface area contributed by atoms with Crippen molar-refractivity contribution >= 4 is 11.7 Å². The number of ether oxygens (including phenoxy) is 1. The number of esters is 1. The molecule has 19 heavy (non-hydrogen) atoms. The fourth-order valence-electron chi connectivity index (χ4n) is 2.31. The molecule has 0 amide bonds. The molecule has 0 radical (unpaired) electrons. The van der Waals surface area contributed by atoms with Crippen LogP contribution in [0.15, 0.2) is 24.3 Å². The van der Waals surface area contributed by atoms with Gasteiger partial charge in [-0.25, -0.2) is 4.79 Å². The smallest absolute Gasteiger partial charge is 0.338 e. The number of carbonyl (C=O) groups is 1. The number of piperazine rings is 1. The van der Waals surface area contributed by atoms with Crippen LogP contribution in [0.1, 0.15) is 24.2 Å². The molecule has 0 unspecified atom stereocenters. The van der Waals surface area contributed by atoms with Crippen molar-refractivity contribution < 1.29 is 9.53 Å². The van der Waals surface area contributed by atoms with Gasteiger partial charge in [-0.05, 0) is 45.2 Å². The third kappa shape index (κ3) is 3.26. The van der Waals surface area contributed by atoms with Gasteiger partial charge in [-0.3, -0.25) is 0 Å². The molecule has 2 rings (SSSR count). The van der Waals surface area contributed by atoms with E-state index in [-0.39, 0.29) is 5.97 Å². The molecular weight excluding hydrogens is 240 g/mol. The van der Waals surface area contributed by atoms with Crippen molar-refractivity contribution in [1.29, 1.82) is 0 Å². The topological polar surface area (TPSA) is 32.8 Å². The van der Waals surface area contributed by atoms with Gasteiger partial charge >= 0.3 is 5.97 Å². The third-order valence-corrected chi connectivity index (χ3v) is 3.70. The van der Waals surface area contributed by atoms with Crippen molar-refractivity contribution in [2.45, 2.75) is 19.9 Å². The van der Waals surface area contributed by atoms with E-state index in [1.165, 1.54) is 5.69 Å². The Bertz CT molecular complexity index is 430. The van der Waals surface area contributed by atoms with Gasteiger partial charge in [-0.1, -0.05) is 0 Å². The minimum atomic E-state index is -0.249. The maximum atomic E-state index is 11.6. The van der Waals surface area contributed by atoms with Gasteiger partial charge < -0.3 is 14.5 Å². The summed E-state index contributed by atoms with van der Waals surface area (Å²) in [6.45, 7) is 7.59. The molecule has 0 bridgehead atoms. The van der Waals surface area contributed by atoms with E-state index in [4.69, 9.17) is 4.74 Å². The summed E-state index contributed by atoms with van der Waals surface area (Å²) in [7, 11) is 2.16. The summed E-state index contributed by atoms with van der Waals surface area (Å²) in [6, 6.07) is 8.25. The molecule has 0 aromatic heterocycles. The van der Waals surface area contributed by atoms with E-state index >= 15 is 0 Å². The highest BCUT2D eigenvalue weighted by Crippen LogP contribution is 2.19. The van der Waals surface area contributed by atoms with Gasteiger partial charge in [-0.2, -0.15) is 0 Å². The van der Waals surface area contributed by atoms with Gasteiger partial charge in [0, 0.05) is 31.4 Å². The van der Waals surface area contributed by atoms with Gasteiger partial charge in [0.15, 0.2) is 0 Å². The van der Waals surface area contributed by atoms with E-state index in [1.54, 1.807) is 0 Å². The Labute approximate surface area is 115 Å². The molecule has 1 aromatic carbocycles. The summed E-state index contributed by atoms with van der Waals surface area (Å²) >= 11 is 0. The average Bonchev–Trinajstić information content (AvgIpc) is 2.42. The minimum absolute atomic E-state index is 0.249. The van der Waals surface area contributed by atoms with Crippen LogP contribution in [0.3, 0.4) is 0 Å². The molecule has 0 spiro atoms.